The molecule has 0 spiro atoms. The molecule has 1 amide bonds. The normalized spacial score (nSPS) is 10.7. The zero-order valence-electron chi connectivity index (χ0n) is 9.40. The van der Waals surface area contributed by atoms with Gasteiger partial charge in [0.1, 0.15) is 0 Å². The van der Waals surface area contributed by atoms with Gasteiger partial charge in [-0.25, -0.2) is 0 Å². The summed E-state index contributed by atoms with van der Waals surface area (Å²) in [4.78, 5) is 12.6. The van der Waals surface area contributed by atoms with Crippen LogP contribution in [0.5, 0.6) is 0 Å². The molecule has 0 atom stereocenters. The Morgan fingerprint density at radius 3 is 2.74 bits per heavy atom. The molecule has 0 aliphatic carbocycles. The maximum Gasteiger partial charge on any atom is 0.289 e. The SMILES string of the molecule is O=C(Nc1cccc(Cl)c1SC(F)F)c1cccs1. The number of hydrogen-bond donors (Lipinski definition) is 1. The van der Waals surface area contributed by atoms with E-state index in [4.69, 9.17) is 11.6 Å². The number of anilines is 1. The van der Waals surface area contributed by atoms with Crippen LogP contribution in [0.2, 0.25) is 5.02 Å². The molecule has 2 nitrogen and oxygen atoms in total. The van der Waals surface area contributed by atoms with Gasteiger partial charge in [-0.3, -0.25) is 4.79 Å². The number of halogens is 3. The second-order valence-electron chi connectivity index (χ2n) is 3.43. The number of rotatable bonds is 4. The van der Waals surface area contributed by atoms with Crippen LogP contribution in [0.1, 0.15) is 9.67 Å². The Morgan fingerprint density at radius 1 is 1.32 bits per heavy atom. The van der Waals surface area contributed by atoms with Crippen LogP contribution in [0.25, 0.3) is 0 Å². The molecule has 19 heavy (non-hydrogen) atoms. The van der Waals surface area contributed by atoms with E-state index in [-0.39, 0.29) is 21.5 Å². The zero-order chi connectivity index (χ0) is 13.8. The number of thiophene rings is 1. The molecule has 0 aliphatic heterocycles. The van der Waals surface area contributed by atoms with Gasteiger partial charge in [0.15, 0.2) is 0 Å². The summed E-state index contributed by atoms with van der Waals surface area (Å²) in [5.74, 6) is -2.94. The third-order valence-electron chi connectivity index (χ3n) is 2.17. The van der Waals surface area contributed by atoms with E-state index < -0.39 is 5.76 Å². The molecule has 100 valence electrons. The predicted molar refractivity (Wildman–Crippen MR) is 75.6 cm³/mol. The molecule has 7 heteroatoms. The summed E-state index contributed by atoms with van der Waals surface area (Å²) >= 11 is 7.47. The number of hydrogen-bond acceptors (Lipinski definition) is 3. The molecule has 0 saturated carbocycles. The van der Waals surface area contributed by atoms with Crippen molar-refractivity contribution in [2.45, 2.75) is 10.7 Å². The maximum absolute atomic E-state index is 12.5. The van der Waals surface area contributed by atoms with E-state index in [1.54, 1.807) is 29.6 Å². The summed E-state index contributed by atoms with van der Waals surface area (Å²) < 4.78 is 25.0. The van der Waals surface area contributed by atoms with Gasteiger partial charge in [-0.05, 0) is 23.6 Å². The highest BCUT2D eigenvalue weighted by molar-refractivity contribution is 7.99. The van der Waals surface area contributed by atoms with Crippen LogP contribution in [0, 0.1) is 0 Å². The lowest BCUT2D eigenvalue weighted by Gasteiger charge is -2.11. The number of carbonyl (C=O) groups excluding carboxylic acids is 1. The minimum atomic E-state index is -2.60. The topological polar surface area (TPSA) is 29.1 Å². The minimum Gasteiger partial charge on any atom is -0.320 e. The fourth-order valence-corrected chi connectivity index (χ4v) is 2.94. The van der Waals surface area contributed by atoms with Crippen LogP contribution >= 0.6 is 34.7 Å². The summed E-state index contributed by atoms with van der Waals surface area (Å²) in [5.41, 5.74) is 0.288. The van der Waals surface area contributed by atoms with E-state index in [2.05, 4.69) is 5.32 Å². The molecule has 1 heterocycles. The fraction of sp³-hybridized carbons (Fsp3) is 0.0833. The molecular formula is C12H8ClF2NOS2. The van der Waals surface area contributed by atoms with Crippen molar-refractivity contribution in [3.63, 3.8) is 0 Å². The second-order valence-corrected chi connectivity index (χ2v) is 5.78. The van der Waals surface area contributed by atoms with Gasteiger partial charge in [0, 0.05) is 0 Å². The van der Waals surface area contributed by atoms with Crippen molar-refractivity contribution in [3.8, 4) is 0 Å². The van der Waals surface area contributed by atoms with Crippen molar-refractivity contribution in [1.29, 1.82) is 0 Å². The van der Waals surface area contributed by atoms with Crippen LogP contribution in [0.15, 0.2) is 40.6 Å². The van der Waals surface area contributed by atoms with Gasteiger partial charge in [0.2, 0.25) is 0 Å². The highest BCUT2D eigenvalue weighted by Gasteiger charge is 2.16. The largest absolute Gasteiger partial charge is 0.320 e. The Morgan fingerprint density at radius 2 is 2.11 bits per heavy atom. The molecule has 0 aliphatic rings. The molecule has 0 fully saturated rings. The highest BCUT2D eigenvalue weighted by atomic mass is 35.5. The first-order valence-electron chi connectivity index (χ1n) is 5.16. The molecule has 0 radical (unpaired) electrons. The third-order valence-corrected chi connectivity index (χ3v) is 4.32. The molecule has 2 aromatic rings. The molecule has 0 unspecified atom stereocenters. The van der Waals surface area contributed by atoms with E-state index in [1.165, 1.54) is 17.4 Å². The van der Waals surface area contributed by atoms with Crippen LogP contribution in [-0.4, -0.2) is 11.7 Å². The zero-order valence-corrected chi connectivity index (χ0v) is 11.8. The number of thioether (sulfide) groups is 1. The quantitative estimate of drug-likeness (QED) is 0.806. The minimum absolute atomic E-state index is 0.170. The first-order valence-corrected chi connectivity index (χ1v) is 7.30. The average molecular weight is 320 g/mol. The summed E-state index contributed by atoms with van der Waals surface area (Å²) in [7, 11) is 0. The van der Waals surface area contributed by atoms with Crippen molar-refractivity contribution in [1.82, 2.24) is 0 Å². The number of alkyl halides is 2. The van der Waals surface area contributed by atoms with Crippen LogP contribution in [0.3, 0.4) is 0 Å². The van der Waals surface area contributed by atoms with Crippen molar-refractivity contribution < 1.29 is 13.6 Å². The molecule has 0 saturated heterocycles. The van der Waals surface area contributed by atoms with Crippen molar-refractivity contribution in [3.05, 3.63) is 45.6 Å². The Balaban J connectivity index is 2.24. The van der Waals surface area contributed by atoms with Crippen molar-refractivity contribution in [2.24, 2.45) is 0 Å². The van der Waals surface area contributed by atoms with Gasteiger partial charge in [-0.1, -0.05) is 35.5 Å². The molecule has 1 N–H and O–H groups in total. The number of nitrogens with one attached hydrogen (secondary N) is 1. The van der Waals surface area contributed by atoms with E-state index in [0.29, 0.717) is 16.6 Å². The Kier molecular flexibility index (Phi) is 4.79. The average Bonchev–Trinajstić information content (AvgIpc) is 2.87. The monoisotopic (exact) mass is 319 g/mol. The molecular weight excluding hydrogens is 312 g/mol. The molecule has 2 rings (SSSR count). The van der Waals surface area contributed by atoms with E-state index in [9.17, 15) is 13.6 Å². The first kappa shape index (κ1) is 14.3. The third kappa shape index (κ3) is 3.68. The summed E-state index contributed by atoms with van der Waals surface area (Å²) in [6.45, 7) is 0. The van der Waals surface area contributed by atoms with Gasteiger partial charge in [-0.2, -0.15) is 8.78 Å². The lowest BCUT2D eigenvalue weighted by atomic mass is 10.3. The summed E-state index contributed by atoms with van der Waals surface area (Å²) in [6, 6.07) is 8.05. The maximum atomic E-state index is 12.5. The van der Waals surface area contributed by atoms with Gasteiger partial charge in [-0.15, -0.1) is 11.3 Å². The predicted octanol–water partition coefficient (Wildman–Crippen LogP) is 4.97. The first-order chi connectivity index (χ1) is 9.08. The molecule has 1 aromatic heterocycles. The van der Waals surface area contributed by atoms with Crippen LogP contribution in [-0.2, 0) is 0 Å². The Bertz CT molecular complexity index is 575. The van der Waals surface area contributed by atoms with Crippen LogP contribution < -0.4 is 5.32 Å². The molecule has 1 aromatic carbocycles. The highest BCUT2D eigenvalue weighted by Crippen LogP contribution is 2.37. The van der Waals surface area contributed by atoms with Gasteiger partial charge in [0.05, 0.1) is 20.5 Å². The smallest absolute Gasteiger partial charge is 0.289 e. The number of amides is 1. The van der Waals surface area contributed by atoms with Crippen molar-refractivity contribution >= 4 is 46.3 Å². The van der Waals surface area contributed by atoms with Crippen LogP contribution in [0.4, 0.5) is 14.5 Å². The lowest BCUT2D eigenvalue weighted by Crippen LogP contribution is -2.11. The molecule has 0 bridgehead atoms. The Hall–Kier alpha value is -1.11. The van der Waals surface area contributed by atoms with E-state index in [1.807, 2.05) is 0 Å². The summed E-state index contributed by atoms with van der Waals surface area (Å²) in [6.07, 6.45) is 0. The Labute approximate surface area is 121 Å². The summed E-state index contributed by atoms with van der Waals surface area (Å²) in [5, 5.41) is 4.55. The fourth-order valence-electron chi connectivity index (χ4n) is 1.41. The van der Waals surface area contributed by atoms with E-state index in [0.717, 1.165) is 0 Å². The van der Waals surface area contributed by atoms with Gasteiger partial charge >= 0.3 is 0 Å². The van der Waals surface area contributed by atoms with Crippen molar-refractivity contribution in [2.75, 3.05) is 5.32 Å². The van der Waals surface area contributed by atoms with E-state index >= 15 is 0 Å². The van der Waals surface area contributed by atoms with Gasteiger partial charge < -0.3 is 5.32 Å². The van der Waals surface area contributed by atoms with Gasteiger partial charge in [0.25, 0.3) is 11.7 Å². The lowest BCUT2D eigenvalue weighted by molar-refractivity contribution is 0.103. The number of carbonyl (C=O) groups is 1. The number of benzene rings is 1. The standard InChI is InChI=1S/C12H8ClF2NOS2/c13-7-3-1-4-8(10(7)19-12(14)15)16-11(17)9-5-2-6-18-9/h1-6,12H,(H,16,17). The second kappa shape index (κ2) is 6.36.